The van der Waals surface area contributed by atoms with Crippen molar-refractivity contribution in [1.29, 1.82) is 0 Å². The summed E-state index contributed by atoms with van der Waals surface area (Å²) in [4.78, 5) is 27.6. The Morgan fingerprint density at radius 3 is 2.71 bits per heavy atom. The van der Waals surface area contributed by atoms with Crippen molar-refractivity contribution in [2.24, 2.45) is 0 Å². The first-order valence-electron chi connectivity index (χ1n) is 7.52. The second-order valence-electron chi connectivity index (χ2n) is 5.21. The first kappa shape index (κ1) is 18.1. The molecule has 0 bridgehead atoms. The summed E-state index contributed by atoms with van der Waals surface area (Å²) in [6.45, 7) is 0.618. The molecule has 0 spiro atoms. The van der Waals surface area contributed by atoms with Crippen LogP contribution in [0.25, 0.3) is 0 Å². The number of hydrogen-bond acceptors (Lipinski definition) is 5. The van der Waals surface area contributed by atoms with Gasteiger partial charge in [-0.25, -0.2) is 4.98 Å². The van der Waals surface area contributed by atoms with Crippen LogP contribution in [0.15, 0.2) is 41.4 Å². The van der Waals surface area contributed by atoms with Gasteiger partial charge in [0.1, 0.15) is 12.7 Å². The monoisotopic (exact) mass is 394 g/mol. The van der Waals surface area contributed by atoms with Crippen molar-refractivity contribution in [3.8, 4) is 0 Å². The van der Waals surface area contributed by atoms with Crippen molar-refractivity contribution in [3.05, 3.63) is 47.0 Å². The molecule has 0 saturated carbocycles. The van der Waals surface area contributed by atoms with E-state index in [-0.39, 0.29) is 18.3 Å². The molecule has 0 aliphatic carbocycles. The van der Waals surface area contributed by atoms with E-state index < -0.39 is 6.04 Å². The standard InChI is InChI=1S/C16H19BrN4O3/c1-24-16(23)9-14(12-4-6-13(17)7-5-12)20-15(22)3-2-8-21-11-18-10-19-21/h4-7,10-11,14H,2-3,8-9H2,1H3,(H,20,22). The van der Waals surface area contributed by atoms with E-state index in [9.17, 15) is 9.59 Å². The third-order valence-corrected chi connectivity index (χ3v) is 3.99. The Labute approximate surface area is 148 Å². The zero-order valence-electron chi connectivity index (χ0n) is 13.3. The molecule has 1 unspecified atom stereocenters. The number of amides is 1. The largest absolute Gasteiger partial charge is 0.469 e. The van der Waals surface area contributed by atoms with Crippen LogP contribution >= 0.6 is 15.9 Å². The van der Waals surface area contributed by atoms with Gasteiger partial charge in [-0.05, 0) is 24.1 Å². The highest BCUT2D eigenvalue weighted by Crippen LogP contribution is 2.20. The number of halogens is 1. The average molecular weight is 395 g/mol. The zero-order valence-corrected chi connectivity index (χ0v) is 14.9. The molecule has 7 nitrogen and oxygen atoms in total. The molecule has 8 heteroatoms. The van der Waals surface area contributed by atoms with E-state index >= 15 is 0 Å². The number of benzene rings is 1. The molecule has 2 rings (SSSR count). The summed E-state index contributed by atoms with van der Waals surface area (Å²) < 4.78 is 7.33. The fourth-order valence-corrected chi connectivity index (χ4v) is 2.48. The molecule has 2 aromatic rings. The number of esters is 1. The highest BCUT2D eigenvalue weighted by Gasteiger charge is 2.18. The van der Waals surface area contributed by atoms with E-state index in [2.05, 4.69) is 31.3 Å². The Bertz CT molecular complexity index is 658. The van der Waals surface area contributed by atoms with Crippen LogP contribution in [-0.4, -0.2) is 33.8 Å². The molecule has 1 aromatic carbocycles. The number of ether oxygens (including phenoxy) is 1. The minimum Gasteiger partial charge on any atom is -0.469 e. The van der Waals surface area contributed by atoms with Crippen molar-refractivity contribution in [1.82, 2.24) is 20.1 Å². The Kier molecular flexibility index (Phi) is 6.92. The van der Waals surface area contributed by atoms with Crippen molar-refractivity contribution in [2.45, 2.75) is 31.8 Å². The molecule has 0 aliphatic rings. The van der Waals surface area contributed by atoms with Gasteiger partial charge in [0.25, 0.3) is 0 Å². The Morgan fingerprint density at radius 1 is 1.33 bits per heavy atom. The van der Waals surface area contributed by atoms with Crippen molar-refractivity contribution < 1.29 is 14.3 Å². The average Bonchev–Trinajstić information content (AvgIpc) is 3.08. The first-order valence-corrected chi connectivity index (χ1v) is 8.32. The second-order valence-corrected chi connectivity index (χ2v) is 6.13. The number of carbonyl (C=O) groups excluding carboxylic acids is 2. The van der Waals surface area contributed by atoms with Crippen LogP contribution in [0.2, 0.25) is 0 Å². The molecule has 128 valence electrons. The van der Waals surface area contributed by atoms with Crippen LogP contribution in [0, 0.1) is 0 Å². The maximum atomic E-state index is 12.2. The minimum atomic E-state index is -0.413. The van der Waals surface area contributed by atoms with E-state index in [0.717, 1.165) is 10.0 Å². The first-order chi connectivity index (χ1) is 11.6. The van der Waals surface area contributed by atoms with Gasteiger partial charge in [0, 0.05) is 17.4 Å². The van der Waals surface area contributed by atoms with Gasteiger partial charge in [0.2, 0.25) is 5.91 Å². The van der Waals surface area contributed by atoms with Crippen molar-refractivity contribution in [3.63, 3.8) is 0 Å². The molecule has 24 heavy (non-hydrogen) atoms. The van der Waals surface area contributed by atoms with Crippen LogP contribution in [0.3, 0.4) is 0 Å². The fraction of sp³-hybridized carbons (Fsp3) is 0.375. The lowest BCUT2D eigenvalue weighted by atomic mass is 10.0. The van der Waals surface area contributed by atoms with Gasteiger partial charge in [0.05, 0.1) is 19.6 Å². The topological polar surface area (TPSA) is 86.1 Å². The van der Waals surface area contributed by atoms with E-state index in [4.69, 9.17) is 4.74 Å². The van der Waals surface area contributed by atoms with Crippen LogP contribution in [0.4, 0.5) is 0 Å². The van der Waals surface area contributed by atoms with Gasteiger partial charge < -0.3 is 10.1 Å². The maximum absolute atomic E-state index is 12.2. The van der Waals surface area contributed by atoms with Gasteiger partial charge in [0.15, 0.2) is 0 Å². The fourth-order valence-electron chi connectivity index (χ4n) is 2.21. The highest BCUT2D eigenvalue weighted by atomic mass is 79.9. The summed E-state index contributed by atoms with van der Waals surface area (Å²) in [7, 11) is 1.33. The number of carbonyl (C=O) groups is 2. The lowest BCUT2D eigenvalue weighted by Gasteiger charge is -2.18. The molecule has 0 saturated heterocycles. The molecule has 1 N–H and O–H groups in total. The third-order valence-electron chi connectivity index (χ3n) is 3.46. The van der Waals surface area contributed by atoms with Crippen LogP contribution in [0.5, 0.6) is 0 Å². The van der Waals surface area contributed by atoms with E-state index in [1.165, 1.54) is 13.4 Å². The number of aryl methyl sites for hydroxylation is 1. The van der Waals surface area contributed by atoms with Crippen LogP contribution in [-0.2, 0) is 20.9 Å². The van der Waals surface area contributed by atoms with E-state index in [0.29, 0.717) is 19.4 Å². The lowest BCUT2D eigenvalue weighted by molar-refractivity contribution is -0.141. The van der Waals surface area contributed by atoms with Gasteiger partial charge >= 0.3 is 5.97 Å². The van der Waals surface area contributed by atoms with Crippen molar-refractivity contribution >= 4 is 27.8 Å². The van der Waals surface area contributed by atoms with Gasteiger partial charge in [-0.1, -0.05) is 28.1 Å². The summed E-state index contributed by atoms with van der Waals surface area (Å²) in [6.07, 6.45) is 4.14. The highest BCUT2D eigenvalue weighted by molar-refractivity contribution is 9.10. The van der Waals surface area contributed by atoms with Crippen LogP contribution in [0.1, 0.15) is 30.9 Å². The Hall–Kier alpha value is -2.22. The van der Waals surface area contributed by atoms with E-state index in [1.807, 2.05) is 24.3 Å². The molecule has 1 heterocycles. The quantitative estimate of drug-likeness (QED) is 0.693. The van der Waals surface area contributed by atoms with Gasteiger partial charge in [-0.15, -0.1) is 0 Å². The number of rotatable bonds is 8. The Balaban J connectivity index is 1.92. The van der Waals surface area contributed by atoms with E-state index in [1.54, 1.807) is 11.0 Å². The molecule has 1 atom stereocenters. The number of aromatic nitrogens is 3. The van der Waals surface area contributed by atoms with Crippen molar-refractivity contribution in [2.75, 3.05) is 7.11 Å². The summed E-state index contributed by atoms with van der Waals surface area (Å²) in [6, 6.07) is 7.07. The predicted octanol–water partition coefficient (Wildman–Crippen LogP) is 2.24. The molecular formula is C16H19BrN4O3. The second kappa shape index (κ2) is 9.17. The summed E-state index contributed by atoms with van der Waals surface area (Å²) in [5.74, 6) is -0.488. The third kappa shape index (κ3) is 5.77. The zero-order chi connectivity index (χ0) is 17.4. The molecule has 1 amide bonds. The van der Waals surface area contributed by atoms with Gasteiger partial charge in [-0.3, -0.25) is 14.3 Å². The molecule has 0 radical (unpaired) electrons. The molecule has 0 aliphatic heterocycles. The Morgan fingerprint density at radius 2 is 2.08 bits per heavy atom. The smallest absolute Gasteiger partial charge is 0.307 e. The summed E-state index contributed by atoms with van der Waals surface area (Å²) in [5.41, 5.74) is 0.855. The lowest BCUT2D eigenvalue weighted by Crippen LogP contribution is -2.30. The molecule has 0 fully saturated rings. The predicted molar refractivity (Wildman–Crippen MR) is 90.9 cm³/mol. The number of hydrogen-bond donors (Lipinski definition) is 1. The normalized spacial score (nSPS) is 11.8. The number of nitrogens with zero attached hydrogens (tertiary/aromatic N) is 3. The van der Waals surface area contributed by atoms with Crippen LogP contribution < -0.4 is 5.32 Å². The molecule has 1 aromatic heterocycles. The van der Waals surface area contributed by atoms with Gasteiger partial charge in [-0.2, -0.15) is 5.10 Å². The maximum Gasteiger partial charge on any atom is 0.307 e. The summed E-state index contributed by atoms with van der Waals surface area (Å²) >= 11 is 3.37. The SMILES string of the molecule is COC(=O)CC(NC(=O)CCCn1cncn1)c1ccc(Br)cc1. The number of nitrogens with one attached hydrogen (secondary N) is 1. The minimum absolute atomic E-state index is 0.0902. The summed E-state index contributed by atoms with van der Waals surface area (Å²) in [5, 5.41) is 6.89. The molecular weight excluding hydrogens is 376 g/mol. The number of methoxy groups -OCH3 is 1.